The average molecular weight is 298 g/mol. The van der Waals surface area contributed by atoms with E-state index in [1.807, 2.05) is 19.1 Å². The summed E-state index contributed by atoms with van der Waals surface area (Å²) in [6, 6.07) is 0. The highest BCUT2D eigenvalue weighted by Crippen LogP contribution is 2.16. The number of amidine groups is 1. The number of hydrogen-bond donors (Lipinski definition) is 1. The SMILES string of the molecule is C/C=C\CCSC1=NC(=O)CCCCCN1CC(=O)O. The summed E-state index contributed by atoms with van der Waals surface area (Å²) in [5.74, 6) is -0.235. The molecule has 0 spiro atoms. The van der Waals surface area contributed by atoms with Gasteiger partial charge in [0.1, 0.15) is 6.54 Å². The maximum Gasteiger partial charge on any atom is 0.323 e. The molecule has 1 amide bonds. The number of allylic oxidation sites excluding steroid dienone is 2. The topological polar surface area (TPSA) is 70.0 Å². The van der Waals surface area contributed by atoms with Crippen LogP contribution in [0, 0.1) is 0 Å². The Balaban J connectivity index is 2.75. The summed E-state index contributed by atoms with van der Waals surface area (Å²) in [7, 11) is 0. The number of hydrogen-bond acceptors (Lipinski definition) is 4. The zero-order chi connectivity index (χ0) is 14.8. The van der Waals surface area contributed by atoms with Crippen LogP contribution >= 0.6 is 11.8 Å². The van der Waals surface area contributed by atoms with Crippen LogP contribution in [0.3, 0.4) is 0 Å². The maximum atomic E-state index is 11.7. The Kier molecular flexibility index (Phi) is 8.02. The van der Waals surface area contributed by atoms with Crippen molar-refractivity contribution in [2.75, 3.05) is 18.8 Å². The predicted octanol–water partition coefficient (Wildman–Crippen LogP) is 2.53. The number of amides is 1. The average Bonchev–Trinajstić information content (AvgIpc) is 2.47. The van der Waals surface area contributed by atoms with E-state index in [4.69, 9.17) is 5.11 Å². The number of thioether (sulfide) groups is 1. The molecule has 0 bridgehead atoms. The second-order valence-corrected chi connectivity index (χ2v) is 5.68. The first-order valence-electron chi connectivity index (χ1n) is 6.95. The second-order valence-electron chi connectivity index (χ2n) is 4.62. The summed E-state index contributed by atoms with van der Waals surface area (Å²) in [6.45, 7) is 2.51. The summed E-state index contributed by atoms with van der Waals surface area (Å²) in [5.41, 5.74) is 0. The van der Waals surface area contributed by atoms with E-state index in [1.54, 1.807) is 4.90 Å². The molecule has 1 rings (SSSR count). The van der Waals surface area contributed by atoms with Crippen molar-refractivity contribution >= 4 is 28.8 Å². The van der Waals surface area contributed by atoms with Crippen LogP contribution in [0.5, 0.6) is 0 Å². The number of carboxylic acids is 1. The lowest BCUT2D eigenvalue weighted by Gasteiger charge is -2.23. The lowest BCUT2D eigenvalue weighted by molar-refractivity contribution is -0.137. The molecular formula is C14H22N2O3S. The Morgan fingerprint density at radius 3 is 2.95 bits per heavy atom. The third-order valence-electron chi connectivity index (χ3n) is 2.89. The number of rotatable bonds is 5. The van der Waals surface area contributed by atoms with Crippen LogP contribution in [0.4, 0.5) is 0 Å². The van der Waals surface area contributed by atoms with E-state index in [9.17, 15) is 9.59 Å². The van der Waals surface area contributed by atoms with Crippen molar-refractivity contribution in [2.24, 2.45) is 4.99 Å². The first-order valence-corrected chi connectivity index (χ1v) is 7.94. The molecular weight excluding hydrogens is 276 g/mol. The number of carbonyl (C=O) groups excluding carboxylic acids is 1. The van der Waals surface area contributed by atoms with Gasteiger partial charge < -0.3 is 10.0 Å². The Labute approximate surface area is 124 Å². The molecule has 0 radical (unpaired) electrons. The van der Waals surface area contributed by atoms with Crippen molar-refractivity contribution in [1.82, 2.24) is 4.90 Å². The molecule has 0 aromatic carbocycles. The summed E-state index contributed by atoms with van der Waals surface area (Å²) >= 11 is 1.46. The summed E-state index contributed by atoms with van der Waals surface area (Å²) in [6.07, 6.45) is 8.04. The third-order valence-corrected chi connectivity index (χ3v) is 3.93. The second kappa shape index (κ2) is 9.58. The zero-order valence-corrected chi connectivity index (χ0v) is 12.7. The minimum atomic E-state index is -0.890. The van der Waals surface area contributed by atoms with Gasteiger partial charge >= 0.3 is 5.97 Å². The molecule has 0 fully saturated rings. The number of carboxylic acid groups (broad SMARTS) is 1. The van der Waals surface area contributed by atoms with Gasteiger partial charge in [-0.3, -0.25) is 9.59 Å². The molecule has 0 atom stereocenters. The van der Waals surface area contributed by atoms with Crippen molar-refractivity contribution in [3.63, 3.8) is 0 Å². The van der Waals surface area contributed by atoms with E-state index in [2.05, 4.69) is 4.99 Å². The Hall–Kier alpha value is -1.30. The van der Waals surface area contributed by atoms with Crippen molar-refractivity contribution in [3.05, 3.63) is 12.2 Å². The highest BCUT2D eigenvalue weighted by molar-refractivity contribution is 8.13. The largest absolute Gasteiger partial charge is 0.480 e. The standard InChI is InChI=1S/C14H22N2O3S/c1-2-3-7-10-20-14-15-12(17)8-5-4-6-9-16(14)11-13(18)19/h2-3H,4-11H2,1H3,(H,18,19)/b3-2-,15-14?. The molecule has 112 valence electrons. The van der Waals surface area contributed by atoms with Gasteiger partial charge in [0.15, 0.2) is 5.17 Å². The van der Waals surface area contributed by atoms with Gasteiger partial charge in [-0.25, -0.2) is 0 Å². The lowest BCUT2D eigenvalue weighted by Crippen LogP contribution is -2.35. The highest BCUT2D eigenvalue weighted by Gasteiger charge is 2.18. The quantitative estimate of drug-likeness (QED) is 0.624. The minimum Gasteiger partial charge on any atom is -0.480 e. The maximum absolute atomic E-state index is 11.7. The molecule has 0 saturated heterocycles. The first-order chi connectivity index (χ1) is 9.63. The van der Waals surface area contributed by atoms with Gasteiger partial charge in [-0.05, 0) is 26.2 Å². The minimum absolute atomic E-state index is 0.0945. The highest BCUT2D eigenvalue weighted by atomic mass is 32.2. The molecule has 0 saturated carbocycles. The van der Waals surface area contributed by atoms with E-state index < -0.39 is 5.97 Å². The number of carbonyl (C=O) groups is 2. The van der Waals surface area contributed by atoms with Crippen LogP contribution in [0.2, 0.25) is 0 Å². The van der Waals surface area contributed by atoms with Crippen molar-refractivity contribution in [3.8, 4) is 0 Å². The summed E-state index contributed by atoms with van der Waals surface area (Å²) < 4.78 is 0. The van der Waals surface area contributed by atoms with Crippen molar-refractivity contribution in [1.29, 1.82) is 0 Å². The van der Waals surface area contributed by atoms with E-state index in [1.165, 1.54) is 11.8 Å². The molecule has 1 heterocycles. The van der Waals surface area contributed by atoms with Gasteiger partial charge in [0, 0.05) is 18.7 Å². The number of aliphatic carboxylic acids is 1. The Bertz CT molecular complexity index is 394. The summed E-state index contributed by atoms with van der Waals surface area (Å²) in [4.78, 5) is 28.5. The zero-order valence-electron chi connectivity index (χ0n) is 11.9. The van der Waals surface area contributed by atoms with Gasteiger partial charge in [-0.2, -0.15) is 4.99 Å². The molecule has 6 heteroatoms. The normalized spacial score (nSPS) is 17.6. The van der Waals surface area contributed by atoms with Crippen LogP contribution in [0.15, 0.2) is 17.1 Å². The molecule has 20 heavy (non-hydrogen) atoms. The lowest BCUT2D eigenvalue weighted by atomic mass is 10.2. The van der Waals surface area contributed by atoms with Crippen LogP contribution in [0.1, 0.15) is 39.0 Å². The van der Waals surface area contributed by atoms with Crippen LogP contribution < -0.4 is 0 Å². The molecule has 0 unspecified atom stereocenters. The fraction of sp³-hybridized carbons (Fsp3) is 0.643. The van der Waals surface area contributed by atoms with Gasteiger partial charge in [0.05, 0.1) is 0 Å². The van der Waals surface area contributed by atoms with Crippen LogP contribution in [-0.2, 0) is 9.59 Å². The number of aliphatic imine (C=N–C) groups is 1. The van der Waals surface area contributed by atoms with Crippen molar-refractivity contribution in [2.45, 2.75) is 39.0 Å². The Morgan fingerprint density at radius 1 is 1.45 bits per heavy atom. The van der Waals surface area contributed by atoms with Crippen molar-refractivity contribution < 1.29 is 14.7 Å². The molecule has 1 aliphatic rings. The van der Waals surface area contributed by atoms with Gasteiger partial charge in [-0.1, -0.05) is 30.3 Å². The molecule has 1 aliphatic heterocycles. The van der Waals surface area contributed by atoms with E-state index in [0.29, 0.717) is 18.1 Å². The molecule has 5 nitrogen and oxygen atoms in total. The monoisotopic (exact) mass is 298 g/mol. The molecule has 0 aromatic heterocycles. The van der Waals surface area contributed by atoms with E-state index >= 15 is 0 Å². The van der Waals surface area contributed by atoms with E-state index in [0.717, 1.165) is 31.4 Å². The smallest absolute Gasteiger partial charge is 0.323 e. The van der Waals surface area contributed by atoms with Crippen LogP contribution in [-0.4, -0.2) is 45.9 Å². The van der Waals surface area contributed by atoms with E-state index in [-0.39, 0.29) is 12.5 Å². The molecule has 1 N–H and O–H groups in total. The van der Waals surface area contributed by atoms with Gasteiger partial charge in [-0.15, -0.1) is 0 Å². The molecule has 0 aromatic rings. The van der Waals surface area contributed by atoms with Gasteiger partial charge in [0.2, 0.25) is 5.91 Å². The molecule has 0 aliphatic carbocycles. The van der Waals surface area contributed by atoms with Crippen LogP contribution in [0.25, 0.3) is 0 Å². The first kappa shape index (κ1) is 16.8. The fourth-order valence-electron chi connectivity index (χ4n) is 1.90. The Morgan fingerprint density at radius 2 is 2.25 bits per heavy atom. The predicted molar refractivity (Wildman–Crippen MR) is 82.0 cm³/mol. The third kappa shape index (κ3) is 6.75. The summed E-state index contributed by atoms with van der Waals surface area (Å²) in [5, 5.41) is 9.55. The van der Waals surface area contributed by atoms with Gasteiger partial charge in [0.25, 0.3) is 0 Å². The fourth-order valence-corrected chi connectivity index (χ4v) is 2.84. The number of nitrogens with zero attached hydrogens (tertiary/aromatic N) is 2.